The zero-order valence-corrected chi connectivity index (χ0v) is 18.6. The van der Waals surface area contributed by atoms with Gasteiger partial charge in [-0.05, 0) is 35.6 Å². The van der Waals surface area contributed by atoms with Crippen LogP contribution >= 0.6 is 0 Å². The minimum Gasteiger partial charge on any atom is -0.497 e. The molecule has 30 heavy (non-hydrogen) atoms. The van der Waals surface area contributed by atoms with Crippen molar-refractivity contribution < 1.29 is 14.3 Å². The van der Waals surface area contributed by atoms with E-state index in [1.807, 2.05) is 0 Å². The molecule has 2 amide bonds. The molecule has 0 saturated carbocycles. The Hall–Kier alpha value is -2.86. The van der Waals surface area contributed by atoms with Crippen molar-refractivity contribution >= 4 is 17.5 Å². The van der Waals surface area contributed by atoms with Crippen molar-refractivity contribution in [2.45, 2.75) is 33.2 Å². The minimum atomic E-state index is -0.255. The van der Waals surface area contributed by atoms with Crippen molar-refractivity contribution in [3.63, 3.8) is 0 Å². The number of hydrogen-bond acceptors (Lipinski definition) is 4. The van der Waals surface area contributed by atoms with Gasteiger partial charge in [0.2, 0.25) is 11.8 Å². The van der Waals surface area contributed by atoms with Gasteiger partial charge < -0.3 is 20.3 Å². The molecule has 6 heteroatoms. The fraction of sp³-hybridized carbons (Fsp3) is 0.417. The highest BCUT2D eigenvalue weighted by molar-refractivity contribution is 5.94. The van der Waals surface area contributed by atoms with Crippen LogP contribution in [0.15, 0.2) is 48.5 Å². The summed E-state index contributed by atoms with van der Waals surface area (Å²) in [6, 6.07) is 15.7. The van der Waals surface area contributed by atoms with Crippen LogP contribution in [0.25, 0.3) is 0 Å². The van der Waals surface area contributed by atoms with E-state index in [-0.39, 0.29) is 30.9 Å². The van der Waals surface area contributed by atoms with Gasteiger partial charge in [0.15, 0.2) is 0 Å². The SMILES string of the molecule is CCc1ccc([C@@H](NCC(=O)N(C)CC(=O)Nc2cccc(OC)c2)C(C)C)cc1. The summed E-state index contributed by atoms with van der Waals surface area (Å²) in [5, 5.41) is 6.14. The van der Waals surface area contributed by atoms with Gasteiger partial charge >= 0.3 is 0 Å². The molecule has 0 aliphatic carbocycles. The summed E-state index contributed by atoms with van der Waals surface area (Å²) in [5.74, 6) is 0.598. The maximum atomic E-state index is 12.6. The third-order valence-electron chi connectivity index (χ3n) is 5.05. The lowest BCUT2D eigenvalue weighted by molar-refractivity contribution is -0.132. The second-order valence-electron chi connectivity index (χ2n) is 7.73. The number of nitrogens with one attached hydrogen (secondary N) is 2. The number of aryl methyl sites for hydroxylation is 1. The molecule has 0 radical (unpaired) electrons. The van der Waals surface area contributed by atoms with E-state index in [2.05, 4.69) is 55.7 Å². The van der Waals surface area contributed by atoms with E-state index in [0.717, 1.165) is 12.0 Å². The molecule has 0 fully saturated rings. The van der Waals surface area contributed by atoms with Gasteiger partial charge in [-0.15, -0.1) is 0 Å². The van der Waals surface area contributed by atoms with Gasteiger partial charge in [-0.2, -0.15) is 0 Å². The predicted molar refractivity (Wildman–Crippen MR) is 121 cm³/mol. The summed E-state index contributed by atoms with van der Waals surface area (Å²) in [7, 11) is 3.21. The van der Waals surface area contributed by atoms with Crippen LogP contribution in [-0.2, 0) is 16.0 Å². The first-order valence-corrected chi connectivity index (χ1v) is 10.3. The lowest BCUT2D eigenvalue weighted by Crippen LogP contribution is -2.41. The van der Waals surface area contributed by atoms with Crippen molar-refractivity contribution in [2.75, 3.05) is 32.6 Å². The monoisotopic (exact) mass is 411 g/mol. The van der Waals surface area contributed by atoms with Crippen LogP contribution in [-0.4, -0.2) is 44.0 Å². The van der Waals surface area contributed by atoms with Crippen LogP contribution in [0.4, 0.5) is 5.69 Å². The highest BCUT2D eigenvalue weighted by Crippen LogP contribution is 2.22. The van der Waals surface area contributed by atoms with Gasteiger partial charge in [0.05, 0.1) is 20.2 Å². The van der Waals surface area contributed by atoms with E-state index >= 15 is 0 Å². The van der Waals surface area contributed by atoms with E-state index in [9.17, 15) is 9.59 Å². The molecule has 0 unspecified atom stereocenters. The summed E-state index contributed by atoms with van der Waals surface area (Å²) in [6.45, 7) is 6.53. The number of carbonyl (C=O) groups excluding carboxylic acids is 2. The Labute approximate surface area is 179 Å². The number of methoxy groups -OCH3 is 1. The van der Waals surface area contributed by atoms with Crippen molar-refractivity contribution in [3.8, 4) is 5.75 Å². The number of anilines is 1. The Balaban J connectivity index is 1.89. The molecule has 0 saturated heterocycles. The number of nitrogens with zero attached hydrogens (tertiary/aromatic N) is 1. The van der Waals surface area contributed by atoms with Crippen molar-refractivity contribution in [1.82, 2.24) is 10.2 Å². The number of amides is 2. The highest BCUT2D eigenvalue weighted by Gasteiger charge is 2.19. The summed E-state index contributed by atoms with van der Waals surface area (Å²) in [6.07, 6.45) is 1.00. The van der Waals surface area contributed by atoms with E-state index < -0.39 is 0 Å². The Morgan fingerprint density at radius 1 is 1.10 bits per heavy atom. The van der Waals surface area contributed by atoms with E-state index in [0.29, 0.717) is 17.4 Å². The van der Waals surface area contributed by atoms with E-state index in [1.165, 1.54) is 10.5 Å². The smallest absolute Gasteiger partial charge is 0.243 e. The summed E-state index contributed by atoms with van der Waals surface area (Å²) in [4.78, 5) is 26.3. The number of ether oxygens (including phenoxy) is 1. The van der Waals surface area contributed by atoms with Gasteiger partial charge in [0.1, 0.15) is 5.75 Å². The van der Waals surface area contributed by atoms with Crippen LogP contribution in [0.3, 0.4) is 0 Å². The molecule has 2 aromatic carbocycles. The molecule has 0 aliphatic rings. The molecule has 0 heterocycles. The van der Waals surface area contributed by atoms with Crippen molar-refractivity contribution in [1.29, 1.82) is 0 Å². The zero-order valence-electron chi connectivity index (χ0n) is 18.6. The summed E-state index contributed by atoms with van der Waals surface area (Å²) < 4.78 is 5.15. The molecule has 0 bridgehead atoms. The average Bonchev–Trinajstić information content (AvgIpc) is 2.73. The quantitative estimate of drug-likeness (QED) is 0.626. The Morgan fingerprint density at radius 2 is 1.80 bits per heavy atom. The molecule has 0 aliphatic heterocycles. The Bertz CT molecular complexity index is 834. The molecule has 6 nitrogen and oxygen atoms in total. The molecular weight excluding hydrogens is 378 g/mol. The first-order chi connectivity index (χ1) is 14.3. The molecule has 162 valence electrons. The van der Waals surface area contributed by atoms with Crippen LogP contribution < -0.4 is 15.4 Å². The van der Waals surface area contributed by atoms with Gasteiger partial charge in [0.25, 0.3) is 0 Å². The summed E-state index contributed by atoms with van der Waals surface area (Å²) >= 11 is 0. The third kappa shape index (κ3) is 6.88. The molecule has 2 aromatic rings. The lowest BCUT2D eigenvalue weighted by atomic mass is 9.95. The molecule has 2 rings (SSSR count). The fourth-order valence-corrected chi connectivity index (χ4v) is 3.24. The first-order valence-electron chi connectivity index (χ1n) is 10.3. The molecule has 2 N–H and O–H groups in total. The summed E-state index contributed by atoms with van der Waals surface area (Å²) in [5.41, 5.74) is 3.08. The van der Waals surface area contributed by atoms with Crippen LogP contribution in [0.2, 0.25) is 0 Å². The van der Waals surface area contributed by atoms with Crippen LogP contribution in [0, 0.1) is 5.92 Å². The van der Waals surface area contributed by atoms with Crippen molar-refractivity contribution in [3.05, 3.63) is 59.7 Å². The number of hydrogen-bond donors (Lipinski definition) is 2. The Kier molecular flexibility index (Phi) is 8.87. The molecule has 1 atom stereocenters. The standard InChI is InChI=1S/C24H33N3O3/c1-6-18-10-12-19(13-11-18)24(17(2)3)25-15-23(29)27(4)16-22(28)26-20-8-7-9-21(14-20)30-5/h7-14,17,24-25H,6,15-16H2,1-5H3,(H,26,28)/t24-/m0/s1. The van der Waals surface area contributed by atoms with E-state index in [4.69, 9.17) is 4.74 Å². The Morgan fingerprint density at radius 3 is 2.40 bits per heavy atom. The number of rotatable bonds is 10. The molecule has 0 spiro atoms. The number of likely N-dealkylation sites (N-methyl/N-ethyl adjacent to an activating group) is 1. The molecule has 0 aromatic heterocycles. The van der Waals surface area contributed by atoms with Crippen LogP contribution in [0.1, 0.15) is 37.9 Å². The zero-order chi connectivity index (χ0) is 22.1. The second kappa shape index (κ2) is 11.4. The number of carbonyl (C=O) groups is 2. The van der Waals surface area contributed by atoms with E-state index in [1.54, 1.807) is 38.4 Å². The second-order valence-corrected chi connectivity index (χ2v) is 7.73. The maximum Gasteiger partial charge on any atom is 0.243 e. The van der Waals surface area contributed by atoms with Crippen molar-refractivity contribution in [2.24, 2.45) is 5.92 Å². The van der Waals surface area contributed by atoms with Gasteiger partial charge in [-0.25, -0.2) is 0 Å². The maximum absolute atomic E-state index is 12.6. The third-order valence-corrected chi connectivity index (χ3v) is 5.05. The normalized spacial score (nSPS) is 11.8. The largest absolute Gasteiger partial charge is 0.497 e. The number of benzene rings is 2. The first kappa shape index (κ1) is 23.4. The van der Waals surface area contributed by atoms with Gasteiger partial charge in [-0.3, -0.25) is 9.59 Å². The topological polar surface area (TPSA) is 70.7 Å². The molecular formula is C24H33N3O3. The lowest BCUT2D eigenvalue weighted by Gasteiger charge is -2.25. The highest BCUT2D eigenvalue weighted by atomic mass is 16.5. The predicted octanol–water partition coefficient (Wildman–Crippen LogP) is 3.64. The van der Waals surface area contributed by atoms with Gasteiger partial charge in [-0.1, -0.05) is 51.1 Å². The fourth-order valence-electron chi connectivity index (χ4n) is 3.24. The minimum absolute atomic E-state index is 0.0186. The average molecular weight is 412 g/mol. The van der Waals surface area contributed by atoms with Gasteiger partial charge in [0, 0.05) is 24.8 Å². The van der Waals surface area contributed by atoms with Crippen LogP contribution in [0.5, 0.6) is 5.75 Å².